The van der Waals surface area contributed by atoms with Gasteiger partial charge >= 0.3 is 8.56 Å². The summed E-state index contributed by atoms with van der Waals surface area (Å²) >= 11 is 0. The molecule has 0 aliphatic rings. The highest BCUT2D eigenvalue weighted by Gasteiger charge is 2.58. The van der Waals surface area contributed by atoms with Gasteiger partial charge in [-0.2, -0.15) is 0 Å². The van der Waals surface area contributed by atoms with E-state index in [9.17, 15) is 0 Å². The fourth-order valence-corrected chi connectivity index (χ4v) is 13.6. The van der Waals surface area contributed by atoms with Crippen molar-refractivity contribution in [1.82, 2.24) is 0 Å². The Morgan fingerprint density at radius 1 is 0.708 bits per heavy atom. The second-order valence-corrected chi connectivity index (χ2v) is 21.3. The molecule has 4 nitrogen and oxygen atoms in total. The highest BCUT2D eigenvalue weighted by Crippen LogP contribution is 2.40. The summed E-state index contributed by atoms with van der Waals surface area (Å²) in [5, 5.41) is -0.608. The Hall–Kier alpha value is 0.491. The van der Waals surface area contributed by atoms with Crippen LogP contribution < -0.4 is 0 Å². The minimum atomic E-state index is -2.46. The molecule has 0 fully saturated rings. The normalized spacial score (nSPS) is 19.0. The Morgan fingerprint density at radius 3 is 1.38 bits per heavy atom. The first-order chi connectivity index (χ1) is 10.7. The maximum absolute atomic E-state index is 6.96. The second kappa shape index (κ2) is 8.45. The minimum Gasteiger partial charge on any atom is -0.412 e. The van der Waals surface area contributed by atoms with E-state index in [1.54, 1.807) is 14.2 Å². The molecule has 0 spiro atoms. The van der Waals surface area contributed by atoms with E-state index in [2.05, 4.69) is 67.4 Å². The fourth-order valence-electron chi connectivity index (χ4n) is 3.56. The fraction of sp³-hybridized carbons (Fsp3) is 1.00. The Labute approximate surface area is 154 Å². The van der Waals surface area contributed by atoms with Crippen LogP contribution in [0.4, 0.5) is 0 Å². The third-order valence-corrected chi connectivity index (χ3v) is 15.3. The van der Waals surface area contributed by atoms with E-state index >= 15 is 0 Å². The molecule has 146 valence electrons. The van der Waals surface area contributed by atoms with Crippen LogP contribution in [-0.2, 0) is 17.7 Å². The molecule has 0 aliphatic carbocycles. The van der Waals surface area contributed by atoms with Crippen LogP contribution in [0, 0.1) is 0 Å². The molecule has 0 aliphatic heterocycles. The summed E-state index contributed by atoms with van der Waals surface area (Å²) in [4.78, 5) is 0. The molecule has 0 heterocycles. The molecule has 2 atom stereocenters. The van der Waals surface area contributed by atoms with Crippen molar-refractivity contribution in [2.24, 2.45) is 0 Å². The maximum atomic E-state index is 6.96. The molecular weight excluding hydrogens is 352 g/mol. The zero-order chi connectivity index (χ0) is 19.4. The molecule has 2 unspecified atom stereocenters. The smallest absolute Gasteiger partial charge is 0.368 e. The number of hydrogen-bond donors (Lipinski definition) is 0. The van der Waals surface area contributed by atoms with Crippen molar-refractivity contribution in [1.29, 1.82) is 0 Å². The first-order valence-corrected chi connectivity index (χ1v) is 17.6. The van der Waals surface area contributed by atoms with Crippen LogP contribution in [0.2, 0.25) is 38.8 Å². The highest BCUT2D eigenvalue weighted by atomic mass is 28.4. The van der Waals surface area contributed by atoms with Crippen LogP contribution in [0.3, 0.4) is 0 Å². The largest absolute Gasteiger partial charge is 0.412 e. The van der Waals surface area contributed by atoms with Crippen molar-refractivity contribution in [2.75, 3.05) is 14.2 Å². The maximum Gasteiger partial charge on any atom is 0.368 e. The van der Waals surface area contributed by atoms with E-state index in [-0.39, 0.29) is 10.4 Å². The van der Waals surface area contributed by atoms with Crippen molar-refractivity contribution in [3.8, 4) is 0 Å². The van der Waals surface area contributed by atoms with Gasteiger partial charge in [0.2, 0.25) is 8.32 Å². The predicted octanol–water partition coefficient (Wildman–Crippen LogP) is 5.23. The lowest BCUT2D eigenvalue weighted by Gasteiger charge is -2.52. The molecule has 0 amide bonds. The topological polar surface area (TPSA) is 36.9 Å². The molecule has 7 heteroatoms. The van der Waals surface area contributed by atoms with Crippen LogP contribution in [-0.4, -0.2) is 49.9 Å². The summed E-state index contributed by atoms with van der Waals surface area (Å²) < 4.78 is 25.5. The number of hydrogen-bond acceptors (Lipinski definition) is 4. The lowest BCUT2D eigenvalue weighted by atomic mass is 10.3. The Kier molecular flexibility index (Phi) is 8.63. The third-order valence-electron chi connectivity index (χ3n) is 5.57. The molecule has 0 rings (SSSR count). The summed E-state index contributed by atoms with van der Waals surface area (Å²) in [7, 11) is -2.80. The molecule has 0 aromatic heterocycles. The zero-order valence-corrected chi connectivity index (χ0v) is 21.3. The lowest BCUT2D eigenvalue weighted by molar-refractivity contribution is 0.0430. The van der Waals surface area contributed by atoms with E-state index in [4.69, 9.17) is 17.7 Å². The Balaban J connectivity index is 5.85. The van der Waals surface area contributed by atoms with Gasteiger partial charge in [0.1, 0.15) is 0 Å². The van der Waals surface area contributed by atoms with Gasteiger partial charge in [0, 0.05) is 14.2 Å². The lowest BCUT2D eigenvalue weighted by Crippen LogP contribution is -2.69. The molecule has 0 bridgehead atoms. The van der Waals surface area contributed by atoms with Gasteiger partial charge in [-0.1, -0.05) is 20.8 Å². The highest BCUT2D eigenvalue weighted by molar-refractivity contribution is 6.78. The first kappa shape index (κ1) is 24.5. The van der Waals surface area contributed by atoms with Crippen LogP contribution in [0.5, 0.6) is 0 Å². The third kappa shape index (κ3) is 5.02. The molecule has 0 saturated carbocycles. The summed E-state index contributed by atoms with van der Waals surface area (Å²) in [5.41, 5.74) is 0. The molecular formula is C17H42O4Si3. The van der Waals surface area contributed by atoms with Crippen molar-refractivity contribution in [3.05, 3.63) is 0 Å². The molecule has 24 heavy (non-hydrogen) atoms. The van der Waals surface area contributed by atoms with Gasteiger partial charge < -0.3 is 17.7 Å². The standard InChI is InChI=1S/C17H42O4Si3/c1-13-16(4,20-22(8,9)10)23(11,12)21-17(5,14-2)24(15-3,18-6)19-7/h13-15H2,1-12H3. The molecule has 0 saturated heterocycles. The van der Waals surface area contributed by atoms with Gasteiger partial charge in [-0.15, -0.1) is 0 Å². The molecule has 0 aromatic rings. The average molecular weight is 395 g/mol. The van der Waals surface area contributed by atoms with Crippen LogP contribution in [0.25, 0.3) is 0 Å². The summed E-state index contributed by atoms with van der Waals surface area (Å²) in [6.07, 6.45) is 1.83. The SMILES string of the molecule is CCC(C)(O[Si](C)(C)C)[Si](C)(C)OC(C)(CC)[Si](CC)(OC)OC. The molecule has 0 aromatic carbocycles. The van der Waals surface area contributed by atoms with E-state index in [1.165, 1.54) is 0 Å². The van der Waals surface area contributed by atoms with Crippen LogP contribution in [0.1, 0.15) is 47.5 Å². The predicted molar refractivity (Wildman–Crippen MR) is 111 cm³/mol. The quantitative estimate of drug-likeness (QED) is 0.450. The van der Waals surface area contributed by atoms with Gasteiger partial charge in [-0.3, -0.25) is 0 Å². The summed E-state index contributed by atoms with van der Waals surface area (Å²) in [6, 6.07) is 0.868. The van der Waals surface area contributed by atoms with Gasteiger partial charge in [-0.25, -0.2) is 0 Å². The summed E-state index contributed by atoms with van der Waals surface area (Å²) in [6.45, 7) is 22.2. The molecule has 0 N–H and O–H groups in total. The Bertz CT molecular complexity index is 386. The van der Waals surface area contributed by atoms with Crippen LogP contribution in [0.15, 0.2) is 0 Å². The van der Waals surface area contributed by atoms with Crippen molar-refractivity contribution < 1.29 is 17.7 Å². The molecule has 0 radical (unpaired) electrons. The van der Waals surface area contributed by atoms with Crippen molar-refractivity contribution >= 4 is 25.2 Å². The number of rotatable bonds is 11. The zero-order valence-electron chi connectivity index (χ0n) is 18.3. The van der Waals surface area contributed by atoms with E-state index < -0.39 is 25.2 Å². The monoisotopic (exact) mass is 394 g/mol. The van der Waals surface area contributed by atoms with Gasteiger partial charge in [0.15, 0.2) is 8.32 Å². The Morgan fingerprint density at radius 2 is 1.12 bits per heavy atom. The van der Waals surface area contributed by atoms with Gasteiger partial charge in [-0.05, 0) is 65.5 Å². The van der Waals surface area contributed by atoms with Crippen molar-refractivity contribution in [2.45, 2.75) is 96.7 Å². The van der Waals surface area contributed by atoms with Crippen molar-refractivity contribution in [3.63, 3.8) is 0 Å². The van der Waals surface area contributed by atoms with E-state index in [1.807, 2.05) is 0 Å². The van der Waals surface area contributed by atoms with Gasteiger partial charge in [0.05, 0.1) is 10.4 Å². The second-order valence-electron chi connectivity index (χ2n) is 8.51. The van der Waals surface area contributed by atoms with E-state index in [0.29, 0.717) is 0 Å². The summed E-state index contributed by atoms with van der Waals surface area (Å²) in [5.74, 6) is 0. The van der Waals surface area contributed by atoms with E-state index in [0.717, 1.165) is 18.9 Å². The first-order valence-electron chi connectivity index (χ1n) is 9.22. The van der Waals surface area contributed by atoms with Gasteiger partial charge in [0.25, 0.3) is 0 Å². The minimum absolute atomic E-state index is 0.219. The average Bonchev–Trinajstić information content (AvgIpc) is 2.47. The van der Waals surface area contributed by atoms with Crippen LogP contribution >= 0.6 is 0 Å².